The van der Waals surface area contributed by atoms with E-state index in [1.807, 2.05) is 0 Å². The lowest BCUT2D eigenvalue weighted by Crippen LogP contribution is -2.51. The predicted molar refractivity (Wildman–Crippen MR) is 79.4 cm³/mol. The lowest BCUT2D eigenvalue weighted by molar-refractivity contribution is -0.132. The lowest BCUT2D eigenvalue weighted by atomic mass is 9.94. The Labute approximate surface area is 132 Å². The second-order valence-corrected chi connectivity index (χ2v) is 6.02. The number of aliphatic hydroxyl groups is 2. The van der Waals surface area contributed by atoms with Crippen molar-refractivity contribution < 1.29 is 19.7 Å². The highest BCUT2D eigenvalue weighted by molar-refractivity contribution is 6.34. The second-order valence-electron chi connectivity index (χ2n) is 5.15. The number of hydrogen-bond acceptors (Lipinski definition) is 4. The van der Waals surface area contributed by atoms with Crippen molar-refractivity contribution in [2.45, 2.75) is 24.5 Å². The third-order valence-electron chi connectivity index (χ3n) is 3.53. The first-order valence-electron chi connectivity index (χ1n) is 6.60. The molecule has 0 unspecified atom stereocenters. The van der Waals surface area contributed by atoms with Crippen LogP contribution in [0.2, 0.25) is 10.0 Å². The number of aliphatic hydroxyl groups excluding tert-OH is 2. The number of benzene rings is 1. The van der Waals surface area contributed by atoms with E-state index < -0.39 is 17.6 Å². The van der Waals surface area contributed by atoms with Crippen molar-refractivity contribution in [2.75, 3.05) is 19.8 Å². The topological polar surface area (TPSA) is 78.8 Å². The zero-order chi connectivity index (χ0) is 15.5. The van der Waals surface area contributed by atoms with E-state index in [9.17, 15) is 9.90 Å². The summed E-state index contributed by atoms with van der Waals surface area (Å²) >= 11 is 11.7. The average molecular weight is 334 g/mol. The maximum atomic E-state index is 12.2. The van der Waals surface area contributed by atoms with Crippen molar-refractivity contribution in [3.05, 3.63) is 33.8 Å². The minimum Gasteiger partial charge on any atom is -0.396 e. The number of carbonyl (C=O) groups excluding carboxylic acids is 1. The molecule has 5 nitrogen and oxygen atoms in total. The Kier molecular flexibility index (Phi) is 5.46. The van der Waals surface area contributed by atoms with Crippen LogP contribution in [0, 0.1) is 0 Å². The van der Waals surface area contributed by atoms with Gasteiger partial charge < -0.3 is 20.3 Å². The average Bonchev–Trinajstić information content (AvgIpc) is 2.85. The standard InChI is InChI=1S/C14H17Cl2NO4/c15-10-5-9(6-11(16)7-10)12(19)13(20)17-14(1-3-18)2-4-21-8-14/h5-7,12,18-19H,1-4,8H2,(H,17,20)/t12-,14+/m1/s1. The smallest absolute Gasteiger partial charge is 0.253 e. The van der Waals surface area contributed by atoms with E-state index in [0.717, 1.165) is 0 Å². The fourth-order valence-electron chi connectivity index (χ4n) is 2.39. The summed E-state index contributed by atoms with van der Waals surface area (Å²) in [5.41, 5.74) is -0.307. The van der Waals surface area contributed by atoms with Crippen LogP contribution in [-0.2, 0) is 9.53 Å². The van der Waals surface area contributed by atoms with Gasteiger partial charge in [-0.25, -0.2) is 0 Å². The van der Waals surface area contributed by atoms with Gasteiger partial charge in [-0.1, -0.05) is 23.2 Å². The Balaban J connectivity index is 2.11. The predicted octanol–water partition coefficient (Wildman–Crippen LogP) is 1.68. The Bertz CT molecular complexity index is 497. The maximum Gasteiger partial charge on any atom is 0.253 e. The van der Waals surface area contributed by atoms with Crippen LogP contribution < -0.4 is 5.32 Å². The molecule has 0 aliphatic carbocycles. The van der Waals surface area contributed by atoms with Gasteiger partial charge in [-0.15, -0.1) is 0 Å². The van der Waals surface area contributed by atoms with Crippen LogP contribution in [0.15, 0.2) is 18.2 Å². The van der Waals surface area contributed by atoms with Crippen LogP contribution in [0.25, 0.3) is 0 Å². The van der Waals surface area contributed by atoms with Crippen molar-refractivity contribution in [1.29, 1.82) is 0 Å². The molecule has 2 atom stereocenters. The first-order valence-corrected chi connectivity index (χ1v) is 7.36. The normalized spacial score (nSPS) is 23.0. The van der Waals surface area contributed by atoms with E-state index in [-0.39, 0.29) is 6.61 Å². The summed E-state index contributed by atoms with van der Waals surface area (Å²) < 4.78 is 5.29. The fourth-order valence-corrected chi connectivity index (χ4v) is 2.94. The van der Waals surface area contributed by atoms with E-state index in [1.165, 1.54) is 18.2 Å². The molecule has 1 heterocycles. The number of nitrogens with one attached hydrogen (secondary N) is 1. The zero-order valence-electron chi connectivity index (χ0n) is 11.3. The lowest BCUT2D eigenvalue weighted by Gasteiger charge is -2.29. The first kappa shape index (κ1) is 16.5. The van der Waals surface area contributed by atoms with Gasteiger partial charge in [-0.2, -0.15) is 0 Å². The molecule has 0 radical (unpaired) electrons. The number of carbonyl (C=O) groups is 1. The molecular formula is C14H17Cl2NO4. The van der Waals surface area contributed by atoms with E-state index in [0.29, 0.717) is 41.7 Å². The summed E-state index contributed by atoms with van der Waals surface area (Å²) in [6.45, 7) is 0.768. The monoisotopic (exact) mass is 333 g/mol. The molecule has 1 aromatic carbocycles. The quantitative estimate of drug-likeness (QED) is 0.766. The summed E-state index contributed by atoms with van der Waals surface area (Å²) in [5.74, 6) is -0.563. The SMILES string of the molecule is O=C(N[C@@]1(CCO)CCOC1)[C@H](O)c1cc(Cl)cc(Cl)c1. The molecule has 1 amide bonds. The molecule has 116 valence electrons. The summed E-state index contributed by atoms with van der Waals surface area (Å²) in [6.07, 6.45) is -0.401. The van der Waals surface area contributed by atoms with Gasteiger partial charge in [0, 0.05) is 23.3 Å². The molecule has 7 heteroatoms. The van der Waals surface area contributed by atoms with Crippen LogP contribution in [0.4, 0.5) is 0 Å². The molecule has 0 bridgehead atoms. The van der Waals surface area contributed by atoms with Gasteiger partial charge >= 0.3 is 0 Å². The largest absolute Gasteiger partial charge is 0.396 e. The minimum atomic E-state index is -1.38. The molecule has 3 N–H and O–H groups in total. The third-order valence-corrected chi connectivity index (χ3v) is 3.97. The zero-order valence-corrected chi connectivity index (χ0v) is 12.8. The third kappa shape index (κ3) is 4.08. The van der Waals surface area contributed by atoms with Crippen molar-refractivity contribution in [3.63, 3.8) is 0 Å². The molecule has 0 saturated carbocycles. The van der Waals surface area contributed by atoms with Crippen LogP contribution in [0.3, 0.4) is 0 Å². The minimum absolute atomic E-state index is 0.0667. The van der Waals surface area contributed by atoms with Gasteiger partial charge in [-0.3, -0.25) is 4.79 Å². The summed E-state index contributed by atoms with van der Waals surface area (Å²) in [6, 6.07) is 4.50. The van der Waals surface area contributed by atoms with E-state index in [1.54, 1.807) is 0 Å². The Morgan fingerprint density at radius 3 is 2.57 bits per heavy atom. The molecule has 1 saturated heterocycles. The van der Waals surface area contributed by atoms with Gasteiger partial charge in [0.15, 0.2) is 6.10 Å². The van der Waals surface area contributed by atoms with Gasteiger partial charge in [0.1, 0.15) is 0 Å². The highest BCUT2D eigenvalue weighted by atomic mass is 35.5. The number of ether oxygens (including phenoxy) is 1. The van der Waals surface area contributed by atoms with Gasteiger partial charge in [0.25, 0.3) is 5.91 Å². The highest BCUT2D eigenvalue weighted by Gasteiger charge is 2.37. The molecule has 1 fully saturated rings. The summed E-state index contributed by atoms with van der Waals surface area (Å²) in [4.78, 5) is 12.2. The van der Waals surface area contributed by atoms with Crippen molar-refractivity contribution in [3.8, 4) is 0 Å². The van der Waals surface area contributed by atoms with Crippen LogP contribution in [0.1, 0.15) is 24.5 Å². The molecule has 1 aliphatic rings. The highest BCUT2D eigenvalue weighted by Crippen LogP contribution is 2.26. The Hall–Kier alpha value is -0.850. The van der Waals surface area contributed by atoms with Crippen LogP contribution in [-0.4, -0.2) is 41.5 Å². The Morgan fingerprint density at radius 2 is 2.05 bits per heavy atom. The molecule has 1 aromatic rings. The Morgan fingerprint density at radius 1 is 1.38 bits per heavy atom. The molecular weight excluding hydrogens is 317 g/mol. The van der Waals surface area contributed by atoms with Crippen molar-refractivity contribution >= 4 is 29.1 Å². The molecule has 0 spiro atoms. The molecule has 2 rings (SSSR count). The number of hydrogen-bond donors (Lipinski definition) is 3. The van der Waals surface area contributed by atoms with E-state index in [2.05, 4.69) is 5.32 Å². The van der Waals surface area contributed by atoms with Gasteiger partial charge in [-0.05, 0) is 36.6 Å². The van der Waals surface area contributed by atoms with Crippen molar-refractivity contribution in [2.24, 2.45) is 0 Å². The number of amides is 1. The summed E-state index contributed by atoms with van der Waals surface area (Å²) in [7, 11) is 0. The molecule has 21 heavy (non-hydrogen) atoms. The first-order chi connectivity index (χ1) is 9.96. The summed E-state index contributed by atoms with van der Waals surface area (Å²) in [5, 5.41) is 22.7. The maximum absolute atomic E-state index is 12.2. The number of rotatable bonds is 5. The van der Waals surface area contributed by atoms with E-state index >= 15 is 0 Å². The van der Waals surface area contributed by atoms with Crippen LogP contribution in [0.5, 0.6) is 0 Å². The fraction of sp³-hybridized carbons (Fsp3) is 0.500. The second kappa shape index (κ2) is 6.94. The van der Waals surface area contributed by atoms with Gasteiger partial charge in [0.2, 0.25) is 0 Å². The van der Waals surface area contributed by atoms with Crippen LogP contribution >= 0.6 is 23.2 Å². The molecule has 0 aromatic heterocycles. The molecule has 1 aliphatic heterocycles. The van der Waals surface area contributed by atoms with Crippen molar-refractivity contribution in [1.82, 2.24) is 5.32 Å². The number of halogens is 2. The van der Waals surface area contributed by atoms with E-state index in [4.69, 9.17) is 33.0 Å². The van der Waals surface area contributed by atoms with Gasteiger partial charge in [0.05, 0.1) is 12.1 Å².